The topological polar surface area (TPSA) is 71.8 Å². The van der Waals surface area contributed by atoms with Crippen molar-refractivity contribution in [1.82, 2.24) is 10.2 Å². The molecule has 0 aliphatic carbocycles. The van der Waals surface area contributed by atoms with Crippen molar-refractivity contribution in [1.29, 1.82) is 0 Å². The van der Waals surface area contributed by atoms with Gasteiger partial charge in [0.1, 0.15) is 17.6 Å². The van der Waals surface area contributed by atoms with Crippen LogP contribution in [0.5, 0.6) is 5.75 Å². The predicted molar refractivity (Wildman–Crippen MR) is 129 cm³/mol. The summed E-state index contributed by atoms with van der Waals surface area (Å²) in [5.41, 5.74) is 1.62. The lowest BCUT2D eigenvalue weighted by molar-refractivity contribution is -0.143. The van der Waals surface area contributed by atoms with Crippen LogP contribution in [0.2, 0.25) is 0 Å². The third-order valence-corrected chi connectivity index (χ3v) is 5.31. The molecule has 1 heterocycles. The summed E-state index contributed by atoms with van der Waals surface area (Å²) < 4.78 is 11.1. The van der Waals surface area contributed by atoms with Gasteiger partial charge in [-0.05, 0) is 35.4 Å². The highest BCUT2D eigenvalue weighted by atomic mass is 16.5. The molecule has 0 fully saturated rings. The van der Waals surface area contributed by atoms with Gasteiger partial charge in [-0.1, -0.05) is 78.9 Å². The summed E-state index contributed by atoms with van der Waals surface area (Å²) in [6.07, 6.45) is 1.56. The molecule has 0 saturated carbocycles. The van der Waals surface area contributed by atoms with Gasteiger partial charge in [-0.15, -0.1) is 0 Å². The van der Waals surface area contributed by atoms with Crippen LogP contribution in [-0.2, 0) is 22.7 Å². The van der Waals surface area contributed by atoms with Crippen LogP contribution in [0.1, 0.15) is 22.9 Å². The molecule has 1 N–H and O–H groups in total. The van der Waals surface area contributed by atoms with Gasteiger partial charge in [0.25, 0.3) is 5.91 Å². The Morgan fingerprint density at radius 2 is 1.47 bits per heavy atom. The van der Waals surface area contributed by atoms with Gasteiger partial charge in [-0.3, -0.25) is 9.59 Å². The molecule has 0 aliphatic rings. The summed E-state index contributed by atoms with van der Waals surface area (Å²) in [4.78, 5) is 28.5. The maximum absolute atomic E-state index is 13.5. The first-order valence-electron chi connectivity index (χ1n) is 11.1. The van der Waals surface area contributed by atoms with Crippen molar-refractivity contribution in [2.45, 2.75) is 19.1 Å². The van der Waals surface area contributed by atoms with Gasteiger partial charge in [0.2, 0.25) is 5.91 Å². The second kappa shape index (κ2) is 11.5. The molecule has 0 saturated heterocycles. The van der Waals surface area contributed by atoms with Gasteiger partial charge in [0.15, 0.2) is 6.61 Å². The Kier molecular flexibility index (Phi) is 7.74. The molecule has 6 heteroatoms. The molecule has 0 radical (unpaired) electrons. The molecule has 6 nitrogen and oxygen atoms in total. The first kappa shape index (κ1) is 22.9. The van der Waals surface area contributed by atoms with Crippen molar-refractivity contribution >= 4 is 11.8 Å². The fourth-order valence-electron chi connectivity index (χ4n) is 3.64. The molecular weight excluding hydrogens is 428 g/mol. The Hall–Kier alpha value is -4.32. The summed E-state index contributed by atoms with van der Waals surface area (Å²) in [5, 5.41) is 2.91. The van der Waals surface area contributed by atoms with Crippen LogP contribution in [0.4, 0.5) is 0 Å². The van der Waals surface area contributed by atoms with E-state index in [0.29, 0.717) is 17.1 Å². The molecule has 34 heavy (non-hydrogen) atoms. The molecule has 0 spiro atoms. The summed E-state index contributed by atoms with van der Waals surface area (Å²) >= 11 is 0. The fraction of sp³-hybridized carbons (Fsp3) is 0.143. The van der Waals surface area contributed by atoms with Gasteiger partial charge in [-0.2, -0.15) is 0 Å². The van der Waals surface area contributed by atoms with Crippen molar-refractivity contribution in [2.24, 2.45) is 0 Å². The van der Waals surface area contributed by atoms with Crippen molar-refractivity contribution in [3.63, 3.8) is 0 Å². The zero-order valence-electron chi connectivity index (χ0n) is 18.7. The number of para-hydroxylation sites is 1. The Balaban J connectivity index is 1.61. The lowest BCUT2D eigenvalue weighted by atomic mass is 10.0. The fourth-order valence-corrected chi connectivity index (χ4v) is 3.64. The summed E-state index contributed by atoms with van der Waals surface area (Å²) in [6.45, 7) is 0.292. The van der Waals surface area contributed by atoms with E-state index < -0.39 is 6.04 Å². The van der Waals surface area contributed by atoms with Crippen LogP contribution in [-0.4, -0.2) is 23.3 Å². The number of amides is 2. The number of nitrogens with zero attached hydrogens (tertiary/aromatic N) is 1. The third kappa shape index (κ3) is 6.13. The summed E-state index contributed by atoms with van der Waals surface area (Å²) in [7, 11) is 0. The Morgan fingerprint density at radius 3 is 2.12 bits per heavy atom. The number of hydrogen-bond donors (Lipinski definition) is 1. The molecule has 2 amide bonds. The molecular formula is C28H26N2O4. The first-order valence-corrected chi connectivity index (χ1v) is 11.1. The monoisotopic (exact) mass is 454 g/mol. The zero-order chi connectivity index (χ0) is 23.6. The molecule has 4 aromatic rings. The average Bonchev–Trinajstić information content (AvgIpc) is 3.41. The van der Waals surface area contributed by atoms with Crippen LogP contribution < -0.4 is 10.1 Å². The number of ether oxygens (including phenoxy) is 1. The Labute approximate surface area is 198 Å². The van der Waals surface area contributed by atoms with Gasteiger partial charge in [0, 0.05) is 6.54 Å². The molecule has 0 aliphatic heterocycles. The molecule has 1 unspecified atom stereocenters. The third-order valence-electron chi connectivity index (χ3n) is 5.31. The van der Waals surface area contributed by atoms with E-state index in [-0.39, 0.29) is 31.5 Å². The van der Waals surface area contributed by atoms with E-state index in [2.05, 4.69) is 5.32 Å². The standard InChI is InChI=1S/C28H26N2O4/c31-26(21-34-24-15-8-3-9-16-24)30(20-22-11-4-1-5-12-22)27(23-13-6-2-7-14-23)28(32)29-19-25-17-10-18-33-25/h1-18,27H,19-21H2,(H,29,32). The highest BCUT2D eigenvalue weighted by molar-refractivity contribution is 5.89. The smallest absolute Gasteiger partial charge is 0.261 e. The van der Waals surface area contributed by atoms with E-state index in [9.17, 15) is 9.59 Å². The normalized spacial score (nSPS) is 11.4. The summed E-state index contributed by atoms with van der Waals surface area (Å²) in [5.74, 6) is 0.629. The van der Waals surface area contributed by atoms with E-state index in [1.165, 1.54) is 0 Å². The second-order valence-electron chi connectivity index (χ2n) is 7.72. The van der Waals surface area contributed by atoms with Crippen LogP contribution in [0.15, 0.2) is 114 Å². The van der Waals surface area contributed by atoms with Gasteiger partial charge in [-0.25, -0.2) is 0 Å². The number of hydrogen-bond acceptors (Lipinski definition) is 4. The van der Waals surface area contributed by atoms with E-state index in [4.69, 9.17) is 9.15 Å². The molecule has 172 valence electrons. The second-order valence-corrected chi connectivity index (χ2v) is 7.72. The van der Waals surface area contributed by atoms with Crippen molar-refractivity contribution in [3.8, 4) is 5.75 Å². The Bertz CT molecular complexity index is 1160. The summed E-state index contributed by atoms with van der Waals surface area (Å²) in [6, 6.07) is 30.7. The zero-order valence-corrected chi connectivity index (χ0v) is 18.7. The van der Waals surface area contributed by atoms with Crippen molar-refractivity contribution < 1.29 is 18.7 Å². The minimum Gasteiger partial charge on any atom is -0.484 e. The van der Waals surface area contributed by atoms with Crippen molar-refractivity contribution in [3.05, 3.63) is 126 Å². The minimum absolute atomic E-state index is 0.189. The molecule has 0 bridgehead atoms. The van der Waals surface area contributed by atoms with Gasteiger partial charge < -0.3 is 19.4 Å². The number of nitrogens with one attached hydrogen (secondary N) is 1. The number of carbonyl (C=O) groups is 2. The number of furan rings is 1. The first-order chi connectivity index (χ1) is 16.7. The minimum atomic E-state index is -0.844. The SMILES string of the molecule is O=C(NCc1ccco1)C(c1ccccc1)N(Cc1ccccc1)C(=O)COc1ccccc1. The highest BCUT2D eigenvalue weighted by Gasteiger charge is 2.31. The maximum atomic E-state index is 13.5. The lowest BCUT2D eigenvalue weighted by Crippen LogP contribution is -2.45. The van der Waals surface area contributed by atoms with E-state index in [1.807, 2.05) is 78.9 Å². The maximum Gasteiger partial charge on any atom is 0.261 e. The quantitative estimate of drug-likeness (QED) is 0.376. The highest BCUT2D eigenvalue weighted by Crippen LogP contribution is 2.24. The largest absolute Gasteiger partial charge is 0.484 e. The molecule has 3 aromatic carbocycles. The number of rotatable bonds is 10. The molecule has 1 aromatic heterocycles. The van der Waals surface area contributed by atoms with Crippen molar-refractivity contribution in [2.75, 3.05) is 6.61 Å². The van der Waals surface area contributed by atoms with Crippen LogP contribution in [0, 0.1) is 0 Å². The lowest BCUT2D eigenvalue weighted by Gasteiger charge is -2.31. The van der Waals surface area contributed by atoms with Crippen LogP contribution >= 0.6 is 0 Å². The van der Waals surface area contributed by atoms with Gasteiger partial charge >= 0.3 is 0 Å². The molecule has 1 atom stereocenters. The van der Waals surface area contributed by atoms with E-state index >= 15 is 0 Å². The number of benzene rings is 3. The predicted octanol–water partition coefficient (Wildman–Crippen LogP) is 4.74. The average molecular weight is 455 g/mol. The molecule has 4 rings (SSSR count). The van der Waals surface area contributed by atoms with Crippen LogP contribution in [0.3, 0.4) is 0 Å². The van der Waals surface area contributed by atoms with Gasteiger partial charge in [0.05, 0.1) is 12.8 Å². The van der Waals surface area contributed by atoms with E-state index in [1.54, 1.807) is 35.4 Å². The Morgan fingerprint density at radius 1 is 0.824 bits per heavy atom. The van der Waals surface area contributed by atoms with E-state index in [0.717, 1.165) is 5.56 Å². The number of carbonyl (C=O) groups excluding carboxylic acids is 2. The van der Waals surface area contributed by atoms with Crippen LogP contribution in [0.25, 0.3) is 0 Å².